The molecule has 1 aliphatic rings. The van der Waals surface area contributed by atoms with E-state index < -0.39 is 5.97 Å². The number of esters is 1. The van der Waals surface area contributed by atoms with Gasteiger partial charge in [0.15, 0.2) is 11.8 Å². The molecule has 0 aromatic heterocycles. The molecule has 1 heterocycles. The second-order valence-corrected chi connectivity index (χ2v) is 8.52. The molecule has 9 heteroatoms. The number of rotatable bonds is 5. The van der Waals surface area contributed by atoms with E-state index in [4.69, 9.17) is 16.3 Å². The van der Waals surface area contributed by atoms with E-state index in [0.717, 1.165) is 14.7 Å². The fourth-order valence-electron chi connectivity index (χ4n) is 2.38. The maximum atomic E-state index is 12.3. The maximum absolute atomic E-state index is 12.3. The van der Waals surface area contributed by atoms with Crippen molar-refractivity contribution in [2.75, 3.05) is 13.7 Å². The first kappa shape index (κ1) is 21.7. The molecule has 1 saturated heterocycles. The highest BCUT2D eigenvalue weighted by atomic mass is 127. The molecule has 0 atom stereocenters. The summed E-state index contributed by atoms with van der Waals surface area (Å²) in [6, 6.07) is 10.9. The topological polar surface area (TPSA) is 77.0 Å². The van der Waals surface area contributed by atoms with Crippen molar-refractivity contribution in [1.82, 2.24) is 5.32 Å². The number of thioether (sulfide) groups is 1. The molecule has 150 valence electrons. The van der Waals surface area contributed by atoms with Gasteiger partial charge in [-0.2, -0.15) is 0 Å². The number of hydrogen-bond acceptors (Lipinski definition) is 6. The van der Waals surface area contributed by atoms with Gasteiger partial charge in [0.2, 0.25) is 0 Å². The zero-order chi connectivity index (χ0) is 21.0. The minimum absolute atomic E-state index is 0.159. The second kappa shape index (κ2) is 9.64. The lowest BCUT2D eigenvalue weighted by atomic mass is 10.2. The van der Waals surface area contributed by atoms with Gasteiger partial charge in [0.05, 0.1) is 21.3 Å². The molecular weight excluding hydrogens is 527 g/mol. The Morgan fingerprint density at radius 3 is 2.86 bits per heavy atom. The number of halogens is 2. The quantitative estimate of drug-likeness (QED) is 0.337. The Morgan fingerprint density at radius 1 is 1.34 bits per heavy atom. The number of nitrogens with one attached hydrogen (secondary N) is 1. The molecule has 1 aliphatic heterocycles. The van der Waals surface area contributed by atoms with E-state index in [1.54, 1.807) is 18.2 Å². The zero-order valence-electron chi connectivity index (χ0n) is 15.5. The molecule has 3 rings (SSSR count). The van der Waals surface area contributed by atoms with E-state index in [1.807, 2.05) is 31.2 Å². The van der Waals surface area contributed by atoms with Gasteiger partial charge in [0.25, 0.3) is 5.91 Å². The Morgan fingerprint density at radius 2 is 2.14 bits per heavy atom. The first-order chi connectivity index (χ1) is 13.9. The predicted octanol–water partition coefficient (Wildman–Crippen LogP) is 4.70. The van der Waals surface area contributed by atoms with E-state index in [1.165, 1.54) is 18.9 Å². The van der Waals surface area contributed by atoms with Crippen LogP contribution in [0, 0.1) is 10.5 Å². The van der Waals surface area contributed by atoms with E-state index >= 15 is 0 Å². The summed E-state index contributed by atoms with van der Waals surface area (Å²) in [5, 5.41) is 3.89. The van der Waals surface area contributed by atoms with Crippen LogP contribution in [0.3, 0.4) is 0 Å². The molecule has 0 radical (unpaired) electrons. The summed E-state index contributed by atoms with van der Waals surface area (Å²) >= 11 is 9.50. The van der Waals surface area contributed by atoms with Crippen LogP contribution in [0.2, 0.25) is 5.02 Å². The zero-order valence-corrected chi connectivity index (χ0v) is 19.2. The molecule has 1 fully saturated rings. The standard InChI is InChI=1S/C20H16ClIN2O4S/c1-11-13(21)4-3-5-15(11)23-20-24-19(26)17(29-20)9-12-6-7-16(14(22)8-12)28-10-18(25)27-2/h3-9H,10H2,1-2H3,(H,23,24,26)/b17-9+. The number of carbonyl (C=O) groups excluding carboxylic acids is 2. The van der Waals surface area contributed by atoms with Gasteiger partial charge in [-0.15, -0.1) is 0 Å². The number of nitrogens with zero attached hydrogens (tertiary/aromatic N) is 1. The SMILES string of the molecule is COC(=O)COc1ccc(/C=C2/SC(=Nc3cccc(Cl)c3C)NC2=O)cc1I. The molecule has 0 spiro atoms. The first-order valence-electron chi connectivity index (χ1n) is 8.41. The highest BCUT2D eigenvalue weighted by Crippen LogP contribution is 2.32. The van der Waals surface area contributed by atoms with Gasteiger partial charge in [0, 0.05) is 5.02 Å². The third-order valence-electron chi connectivity index (χ3n) is 3.94. The summed E-state index contributed by atoms with van der Waals surface area (Å²) < 4.78 is 10.8. The summed E-state index contributed by atoms with van der Waals surface area (Å²) in [4.78, 5) is 28.5. The van der Waals surface area contributed by atoms with Gasteiger partial charge >= 0.3 is 5.97 Å². The third kappa shape index (κ3) is 5.52. The van der Waals surface area contributed by atoms with Gasteiger partial charge in [-0.3, -0.25) is 4.79 Å². The van der Waals surface area contributed by atoms with Crippen molar-refractivity contribution in [3.05, 3.63) is 61.0 Å². The molecular formula is C20H16ClIN2O4S. The number of ether oxygens (including phenoxy) is 2. The number of hydrogen-bond donors (Lipinski definition) is 1. The molecule has 0 bridgehead atoms. The Bertz CT molecular complexity index is 1040. The number of benzene rings is 2. The van der Waals surface area contributed by atoms with Gasteiger partial charge in [-0.25, -0.2) is 9.79 Å². The van der Waals surface area contributed by atoms with Crippen molar-refractivity contribution >= 4 is 74.8 Å². The number of methoxy groups -OCH3 is 1. The molecule has 6 nitrogen and oxygen atoms in total. The molecule has 29 heavy (non-hydrogen) atoms. The Balaban J connectivity index is 1.76. The molecule has 1 amide bonds. The number of aliphatic imine (C=N–C) groups is 1. The number of amidine groups is 1. The van der Waals surface area contributed by atoms with Gasteiger partial charge in [-0.05, 0) is 82.7 Å². The minimum atomic E-state index is -0.451. The lowest BCUT2D eigenvalue weighted by Crippen LogP contribution is -2.19. The van der Waals surface area contributed by atoms with Crippen LogP contribution in [0.4, 0.5) is 5.69 Å². The fourth-order valence-corrected chi connectivity index (χ4v) is 4.08. The summed E-state index contributed by atoms with van der Waals surface area (Å²) in [5.41, 5.74) is 2.40. The van der Waals surface area contributed by atoms with Crippen LogP contribution in [-0.4, -0.2) is 30.8 Å². The monoisotopic (exact) mass is 542 g/mol. The molecule has 1 N–H and O–H groups in total. The number of amides is 1. The van der Waals surface area contributed by atoms with Crippen LogP contribution < -0.4 is 10.1 Å². The van der Waals surface area contributed by atoms with Crippen molar-refractivity contribution in [1.29, 1.82) is 0 Å². The van der Waals surface area contributed by atoms with E-state index in [-0.39, 0.29) is 12.5 Å². The molecule has 2 aromatic carbocycles. The average molecular weight is 543 g/mol. The Kier molecular flexibility index (Phi) is 7.20. The molecule has 0 saturated carbocycles. The summed E-state index contributed by atoms with van der Waals surface area (Å²) in [5.74, 6) is -0.0948. The largest absolute Gasteiger partial charge is 0.481 e. The summed E-state index contributed by atoms with van der Waals surface area (Å²) in [6.45, 7) is 1.72. The number of carbonyl (C=O) groups is 2. The van der Waals surface area contributed by atoms with Crippen LogP contribution >= 0.6 is 46.0 Å². The summed E-state index contributed by atoms with van der Waals surface area (Å²) in [7, 11) is 1.31. The normalized spacial score (nSPS) is 16.2. The van der Waals surface area contributed by atoms with E-state index in [0.29, 0.717) is 26.5 Å². The van der Waals surface area contributed by atoms with Crippen LogP contribution in [-0.2, 0) is 14.3 Å². The molecule has 0 aliphatic carbocycles. The fraction of sp³-hybridized carbons (Fsp3) is 0.150. The van der Waals surface area contributed by atoms with Crippen LogP contribution in [0.15, 0.2) is 46.3 Å². The second-order valence-electron chi connectivity index (χ2n) is 5.92. The summed E-state index contributed by atoms with van der Waals surface area (Å²) in [6.07, 6.45) is 1.78. The lowest BCUT2D eigenvalue weighted by molar-refractivity contribution is -0.142. The Labute approximate surface area is 190 Å². The van der Waals surface area contributed by atoms with Crippen LogP contribution in [0.5, 0.6) is 5.75 Å². The van der Waals surface area contributed by atoms with Crippen molar-refractivity contribution in [2.24, 2.45) is 4.99 Å². The van der Waals surface area contributed by atoms with Crippen molar-refractivity contribution in [3.63, 3.8) is 0 Å². The highest BCUT2D eigenvalue weighted by molar-refractivity contribution is 14.1. The van der Waals surface area contributed by atoms with E-state index in [9.17, 15) is 9.59 Å². The van der Waals surface area contributed by atoms with Crippen LogP contribution in [0.1, 0.15) is 11.1 Å². The predicted molar refractivity (Wildman–Crippen MR) is 124 cm³/mol. The van der Waals surface area contributed by atoms with Crippen molar-refractivity contribution in [2.45, 2.75) is 6.92 Å². The first-order valence-corrected chi connectivity index (χ1v) is 10.7. The van der Waals surface area contributed by atoms with Crippen molar-refractivity contribution < 1.29 is 19.1 Å². The Hall–Kier alpha value is -2.04. The van der Waals surface area contributed by atoms with Gasteiger partial charge in [-0.1, -0.05) is 23.7 Å². The van der Waals surface area contributed by atoms with Gasteiger partial charge < -0.3 is 14.8 Å². The van der Waals surface area contributed by atoms with E-state index in [2.05, 4.69) is 37.6 Å². The third-order valence-corrected chi connectivity index (χ3v) is 6.10. The van der Waals surface area contributed by atoms with Gasteiger partial charge in [0.1, 0.15) is 5.75 Å². The molecule has 2 aromatic rings. The molecule has 0 unspecified atom stereocenters. The average Bonchev–Trinajstić information content (AvgIpc) is 3.03. The van der Waals surface area contributed by atoms with Crippen LogP contribution in [0.25, 0.3) is 6.08 Å². The smallest absolute Gasteiger partial charge is 0.343 e. The van der Waals surface area contributed by atoms with Crippen molar-refractivity contribution in [3.8, 4) is 5.75 Å². The minimum Gasteiger partial charge on any atom is -0.481 e. The lowest BCUT2D eigenvalue weighted by Gasteiger charge is -2.07. The highest BCUT2D eigenvalue weighted by Gasteiger charge is 2.24. The maximum Gasteiger partial charge on any atom is 0.343 e.